The van der Waals surface area contributed by atoms with Crippen molar-refractivity contribution in [1.29, 1.82) is 0 Å². The van der Waals surface area contributed by atoms with E-state index in [2.05, 4.69) is 5.32 Å². The molecule has 10 heteroatoms. The highest BCUT2D eigenvalue weighted by molar-refractivity contribution is 7.92. The van der Waals surface area contributed by atoms with Gasteiger partial charge in [-0.3, -0.25) is 13.9 Å². The van der Waals surface area contributed by atoms with E-state index in [9.17, 15) is 18.0 Å². The Morgan fingerprint density at radius 1 is 0.975 bits per heavy atom. The Morgan fingerprint density at radius 3 is 2.30 bits per heavy atom. The second kappa shape index (κ2) is 14.5. The predicted octanol–water partition coefficient (Wildman–Crippen LogP) is 5.87. The molecule has 0 aromatic heterocycles. The van der Waals surface area contributed by atoms with Gasteiger partial charge in [-0.2, -0.15) is 0 Å². The Kier molecular flexibility index (Phi) is 11.4. The number of amides is 2. The predicted molar refractivity (Wildman–Crippen MR) is 161 cm³/mol. The van der Waals surface area contributed by atoms with E-state index in [1.54, 1.807) is 25.1 Å². The number of halogens is 2. The quantitative estimate of drug-likeness (QED) is 0.247. The van der Waals surface area contributed by atoms with E-state index in [4.69, 9.17) is 23.2 Å². The van der Waals surface area contributed by atoms with Gasteiger partial charge in [0, 0.05) is 18.1 Å². The lowest BCUT2D eigenvalue weighted by Crippen LogP contribution is -2.52. The van der Waals surface area contributed by atoms with Gasteiger partial charge in [0.25, 0.3) is 10.0 Å². The van der Waals surface area contributed by atoms with Crippen LogP contribution in [0.4, 0.5) is 5.69 Å². The number of aryl methyl sites for hydroxylation is 1. The summed E-state index contributed by atoms with van der Waals surface area (Å²) in [6, 6.07) is 19.5. The molecule has 3 aromatic rings. The van der Waals surface area contributed by atoms with E-state index in [0.717, 1.165) is 28.3 Å². The van der Waals surface area contributed by atoms with Gasteiger partial charge in [0.1, 0.15) is 12.6 Å². The monoisotopic (exact) mass is 603 g/mol. The van der Waals surface area contributed by atoms with E-state index >= 15 is 0 Å². The van der Waals surface area contributed by atoms with Crippen molar-refractivity contribution in [2.75, 3.05) is 23.9 Å². The van der Waals surface area contributed by atoms with Crippen LogP contribution in [0.2, 0.25) is 10.0 Å². The highest BCUT2D eigenvalue weighted by atomic mass is 35.5. The Morgan fingerprint density at radius 2 is 1.65 bits per heavy atom. The van der Waals surface area contributed by atoms with Crippen LogP contribution in [0.25, 0.3) is 0 Å². The van der Waals surface area contributed by atoms with Crippen molar-refractivity contribution >= 4 is 50.7 Å². The average molecular weight is 605 g/mol. The van der Waals surface area contributed by atoms with E-state index in [1.807, 2.05) is 44.2 Å². The Labute approximate surface area is 247 Å². The highest BCUT2D eigenvalue weighted by Gasteiger charge is 2.33. The third-order valence-corrected chi connectivity index (χ3v) is 8.87. The fourth-order valence-corrected chi connectivity index (χ4v) is 5.99. The van der Waals surface area contributed by atoms with Crippen LogP contribution in [-0.4, -0.2) is 50.8 Å². The van der Waals surface area contributed by atoms with Gasteiger partial charge in [0.15, 0.2) is 0 Å². The molecule has 0 heterocycles. The first-order valence-corrected chi connectivity index (χ1v) is 15.4. The Bertz CT molecular complexity index is 1400. The first kappa shape index (κ1) is 31.5. The molecule has 0 saturated carbocycles. The van der Waals surface area contributed by atoms with Crippen LogP contribution in [0.15, 0.2) is 77.7 Å². The molecule has 0 aliphatic heterocycles. The second-order valence-corrected chi connectivity index (χ2v) is 12.3. The molecule has 0 saturated heterocycles. The lowest BCUT2D eigenvalue weighted by atomic mass is 10.1. The number of hydrogen-bond acceptors (Lipinski definition) is 4. The molecule has 0 unspecified atom stereocenters. The minimum absolute atomic E-state index is 0.00290. The summed E-state index contributed by atoms with van der Waals surface area (Å²) in [6.07, 6.45) is 2.21. The van der Waals surface area contributed by atoms with Crippen molar-refractivity contribution in [1.82, 2.24) is 10.2 Å². The molecule has 7 nitrogen and oxygen atoms in total. The topological polar surface area (TPSA) is 86.8 Å². The molecule has 0 spiro atoms. The lowest BCUT2D eigenvalue weighted by molar-refractivity contribution is -0.138. The number of carbonyl (C=O) groups is 2. The third-order valence-electron chi connectivity index (χ3n) is 6.55. The van der Waals surface area contributed by atoms with Gasteiger partial charge in [-0.25, -0.2) is 8.42 Å². The molecule has 40 heavy (non-hydrogen) atoms. The van der Waals surface area contributed by atoms with Crippen molar-refractivity contribution in [3.05, 3.63) is 94.0 Å². The molecule has 3 aromatic carbocycles. The summed E-state index contributed by atoms with van der Waals surface area (Å²) in [7, 11) is -4.23. The summed E-state index contributed by atoms with van der Waals surface area (Å²) in [5, 5.41) is 3.26. The van der Waals surface area contributed by atoms with Crippen LogP contribution >= 0.6 is 23.2 Å². The van der Waals surface area contributed by atoms with Crippen LogP contribution in [-0.2, 0) is 26.0 Å². The number of anilines is 1. The minimum Gasteiger partial charge on any atom is -0.354 e. The van der Waals surface area contributed by atoms with E-state index < -0.39 is 28.5 Å². The van der Waals surface area contributed by atoms with Gasteiger partial charge in [0.05, 0.1) is 15.6 Å². The molecule has 0 aliphatic rings. The van der Waals surface area contributed by atoms with Gasteiger partial charge in [-0.05, 0) is 62.6 Å². The summed E-state index contributed by atoms with van der Waals surface area (Å²) in [6.45, 7) is 5.66. The van der Waals surface area contributed by atoms with Gasteiger partial charge < -0.3 is 10.2 Å². The van der Waals surface area contributed by atoms with Gasteiger partial charge in [-0.15, -0.1) is 0 Å². The summed E-state index contributed by atoms with van der Waals surface area (Å²) in [5.74, 6) is -0.843. The molecular weight excluding hydrogens is 569 g/mol. The van der Waals surface area contributed by atoms with Gasteiger partial charge in [0.2, 0.25) is 11.8 Å². The molecule has 3 rings (SSSR count). The van der Waals surface area contributed by atoms with E-state index in [0.29, 0.717) is 13.0 Å². The normalized spacial score (nSPS) is 12.0. The fourth-order valence-electron chi connectivity index (χ4n) is 4.13. The maximum absolute atomic E-state index is 13.9. The Balaban J connectivity index is 1.99. The molecule has 0 aliphatic carbocycles. The van der Waals surface area contributed by atoms with Crippen LogP contribution in [0.5, 0.6) is 0 Å². The van der Waals surface area contributed by atoms with Crippen molar-refractivity contribution in [2.24, 2.45) is 0 Å². The summed E-state index contributed by atoms with van der Waals surface area (Å²) >= 11 is 12.7. The molecule has 2 amide bonds. The number of nitrogens with zero attached hydrogens (tertiary/aromatic N) is 2. The zero-order valence-electron chi connectivity index (χ0n) is 22.9. The lowest BCUT2D eigenvalue weighted by Gasteiger charge is -2.32. The fraction of sp³-hybridized carbons (Fsp3) is 0.333. The zero-order chi connectivity index (χ0) is 29.3. The second-order valence-electron chi connectivity index (χ2n) is 9.56. The van der Waals surface area contributed by atoms with Crippen molar-refractivity contribution in [2.45, 2.75) is 51.0 Å². The average Bonchev–Trinajstić information content (AvgIpc) is 2.94. The summed E-state index contributed by atoms with van der Waals surface area (Å²) in [5.41, 5.74) is 1.95. The van der Waals surface area contributed by atoms with Gasteiger partial charge >= 0.3 is 0 Å². The van der Waals surface area contributed by atoms with E-state index in [1.165, 1.54) is 29.2 Å². The standard InChI is InChI=1S/C30H35Cl2N3O4S/c1-4-5-18-33-30(37)23(3)34(19-17-24-9-7-6-8-10-24)29(36)21-35(28-20-25(31)13-16-27(28)32)40(38,39)26-14-11-22(2)12-15-26/h6-16,20,23H,4-5,17-19,21H2,1-3H3,(H,33,37)/t23-/m0/s1. The molecule has 1 atom stereocenters. The van der Waals surface area contributed by atoms with Crippen LogP contribution in [0.3, 0.4) is 0 Å². The maximum atomic E-state index is 13.9. The Hall–Kier alpha value is -3.07. The number of benzene rings is 3. The van der Waals surface area contributed by atoms with Gasteiger partial charge in [-0.1, -0.05) is 84.6 Å². The minimum atomic E-state index is -4.23. The molecular formula is C30H35Cl2N3O4S. The highest BCUT2D eigenvalue weighted by Crippen LogP contribution is 2.33. The largest absolute Gasteiger partial charge is 0.354 e. The van der Waals surface area contributed by atoms with Crippen LogP contribution in [0, 0.1) is 6.92 Å². The SMILES string of the molecule is CCCCNC(=O)[C@H](C)N(CCc1ccccc1)C(=O)CN(c1cc(Cl)ccc1Cl)S(=O)(=O)c1ccc(C)cc1. The number of unbranched alkanes of at least 4 members (excludes halogenated alkanes) is 1. The third kappa shape index (κ3) is 8.22. The number of rotatable bonds is 13. The summed E-state index contributed by atoms with van der Waals surface area (Å²) < 4.78 is 28.8. The first-order chi connectivity index (χ1) is 19.0. The number of carbonyl (C=O) groups excluding carboxylic acids is 2. The molecule has 0 bridgehead atoms. The van der Waals surface area contributed by atoms with Crippen molar-refractivity contribution < 1.29 is 18.0 Å². The molecule has 214 valence electrons. The number of hydrogen-bond donors (Lipinski definition) is 1. The van der Waals surface area contributed by atoms with Crippen molar-refractivity contribution in [3.63, 3.8) is 0 Å². The summed E-state index contributed by atoms with van der Waals surface area (Å²) in [4.78, 5) is 28.3. The van der Waals surface area contributed by atoms with Crippen LogP contribution in [0.1, 0.15) is 37.8 Å². The first-order valence-electron chi connectivity index (χ1n) is 13.2. The smallest absolute Gasteiger partial charge is 0.264 e. The maximum Gasteiger partial charge on any atom is 0.264 e. The van der Waals surface area contributed by atoms with Crippen LogP contribution < -0.4 is 9.62 Å². The number of nitrogens with one attached hydrogen (secondary N) is 1. The zero-order valence-corrected chi connectivity index (χ0v) is 25.3. The molecule has 0 fully saturated rings. The van der Waals surface area contributed by atoms with Crippen molar-refractivity contribution in [3.8, 4) is 0 Å². The van der Waals surface area contributed by atoms with E-state index in [-0.39, 0.29) is 33.1 Å². The number of sulfonamides is 1. The molecule has 1 N–H and O–H groups in total. The molecule has 0 radical (unpaired) electrons.